The molecule has 1 unspecified atom stereocenters. The van der Waals surface area contributed by atoms with Gasteiger partial charge in [0.15, 0.2) is 5.88 Å². The number of hydrogen-bond donors (Lipinski definition) is 4. The molecule has 2 saturated carbocycles. The Labute approximate surface area is 302 Å². The van der Waals surface area contributed by atoms with E-state index >= 15 is 0 Å². The summed E-state index contributed by atoms with van der Waals surface area (Å²) >= 11 is 0. The molecule has 1 aromatic heterocycles. The fourth-order valence-corrected chi connectivity index (χ4v) is 7.87. The van der Waals surface area contributed by atoms with E-state index in [1.165, 1.54) is 6.08 Å². The molecule has 0 bridgehead atoms. The maximum Gasteiger partial charge on any atom is 0.289 e. The molecule has 51 heavy (non-hydrogen) atoms. The zero-order chi connectivity index (χ0) is 37.6. The average molecular weight is 704 g/mol. The van der Waals surface area contributed by atoms with Crippen molar-refractivity contribution in [2.24, 2.45) is 39.9 Å². The van der Waals surface area contributed by atoms with Gasteiger partial charge < -0.3 is 30.5 Å². The van der Waals surface area contributed by atoms with Gasteiger partial charge in [0.1, 0.15) is 6.04 Å². The summed E-state index contributed by atoms with van der Waals surface area (Å²) in [5.41, 5.74) is -1.15. The molecule has 3 fully saturated rings. The summed E-state index contributed by atoms with van der Waals surface area (Å²) in [6.07, 6.45) is 5.54. The number of likely N-dealkylation sites (tertiary alicyclic amines) is 1. The van der Waals surface area contributed by atoms with Gasteiger partial charge in [-0.05, 0) is 46.5 Å². The number of benzene rings is 1. The molecule has 6 atom stereocenters. The largest absolute Gasteiger partial charge is 0.494 e. The van der Waals surface area contributed by atoms with E-state index in [-0.39, 0.29) is 65.3 Å². The maximum absolute atomic E-state index is 14.6. The third kappa shape index (κ3) is 8.17. The highest BCUT2D eigenvalue weighted by atomic mass is 16.3. The van der Waals surface area contributed by atoms with Crippen LogP contribution in [0.25, 0.3) is 10.8 Å². The number of piperidine rings is 1. The Kier molecular flexibility index (Phi) is 10.5. The number of nitrogens with one attached hydrogen (secondary N) is 3. The molecule has 2 heterocycles. The van der Waals surface area contributed by atoms with Crippen molar-refractivity contribution in [1.82, 2.24) is 25.4 Å². The van der Waals surface area contributed by atoms with Gasteiger partial charge in [-0.25, -0.2) is 0 Å². The van der Waals surface area contributed by atoms with Crippen LogP contribution in [0.15, 0.2) is 43.1 Å². The van der Waals surface area contributed by atoms with Crippen molar-refractivity contribution in [3.05, 3.63) is 43.1 Å². The zero-order valence-corrected chi connectivity index (χ0v) is 31.5. The number of carbonyl (C=O) groups excluding carboxylic acids is 5. The second-order valence-corrected chi connectivity index (χ2v) is 17.8. The van der Waals surface area contributed by atoms with Crippen molar-refractivity contribution in [2.45, 2.75) is 106 Å². The first kappa shape index (κ1) is 38.1. The molecular formula is C40H57N5O6. The van der Waals surface area contributed by atoms with E-state index in [1.807, 2.05) is 72.0 Å². The molecule has 1 saturated heterocycles. The van der Waals surface area contributed by atoms with Crippen LogP contribution in [0, 0.1) is 39.9 Å². The first-order chi connectivity index (χ1) is 23.7. The summed E-state index contributed by atoms with van der Waals surface area (Å²) in [5, 5.41) is 21.2. The third-order valence-electron chi connectivity index (χ3n) is 11.6. The molecule has 278 valence electrons. The van der Waals surface area contributed by atoms with E-state index in [2.05, 4.69) is 36.4 Å². The normalized spacial score (nSPS) is 22.7. The molecule has 11 nitrogen and oxygen atoms in total. The van der Waals surface area contributed by atoms with E-state index in [0.717, 1.165) is 23.6 Å². The SMILES string of the molecule is C=CCNC(=O)C(=O)C(CC1CC1)NC(=O)[C@@H]1[C@@H]2[C@H](CN1C(=O)[C@@H](CC(=O)N[C@H](Cn1cc3ccccc3c1O)C(C)(C)C)C(C)(C)C)C2(C)C. The molecular weight excluding hydrogens is 646 g/mol. The summed E-state index contributed by atoms with van der Waals surface area (Å²) in [4.78, 5) is 70.0. The number of rotatable bonds is 14. The number of Topliss-reactive ketones (excluding diaryl/α,β-unsaturated/α-hetero) is 1. The summed E-state index contributed by atoms with van der Waals surface area (Å²) in [7, 11) is 0. The zero-order valence-electron chi connectivity index (χ0n) is 31.5. The first-order valence-corrected chi connectivity index (χ1v) is 18.4. The van der Waals surface area contributed by atoms with Gasteiger partial charge in [0, 0.05) is 43.0 Å². The van der Waals surface area contributed by atoms with E-state index in [1.54, 1.807) is 9.47 Å². The van der Waals surface area contributed by atoms with E-state index in [0.29, 0.717) is 19.5 Å². The summed E-state index contributed by atoms with van der Waals surface area (Å²) in [6, 6.07) is 5.40. The molecule has 4 amide bonds. The molecule has 11 heteroatoms. The van der Waals surface area contributed by atoms with Crippen molar-refractivity contribution in [1.29, 1.82) is 0 Å². The Hall–Kier alpha value is -4.15. The maximum atomic E-state index is 14.6. The molecule has 4 N–H and O–H groups in total. The van der Waals surface area contributed by atoms with Gasteiger partial charge in [0.2, 0.25) is 23.5 Å². The van der Waals surface area contributed by atoms with Crippen LogP contribution in [-0.4, -0.2) is 75.2 Å². The predicted octanol–water partition coefficient (Wildman–Crippen LogP) is 4.57. The molecule has 0 spiro atoms. The molecule has 3 aliphatic rings. The number of aromatic nitrogens is 1. The molecule has 2 aromatic rings. The first-order valence-electron chi connectivity index (χ1n) is 18.4. The standard InChI is InChI=1S/C40H57N5O6/c1-10-17-41-35(49)33(47)28(18-23-15-16-23)42-34(48)32-31-27(40(31,8)9)21-45(32)37(51)26(38(2,3)4)19-30(46)43-29(39(5,6)7)22-44-20-24-13-11-12-14-25(24)36(44)50/h10-14,20,23,26-29,31-32,50H,1,15-19,21-22H2,2-9H3,(H,41,49)(H,42,48)(H,43,46)/t26-,27+,28?,29-,31+,32+/m1/s1. The lowest BCUT2D eigenvalue weighted by atomic mass is 9.77. The van der Waals surface area contributed by atoms with Crippen molar-refractivity contribution >= 4 is 40.2 Å². The number of aromatic hydroxyl groups is 1. The Morgan fingerprint density at radius 2 is 1.69 bits per heavy atom. The molecule has 5 rings (SSSR count). The van der Waals surface area contributed by atoms with Gasteiger partial charge in [0.05, 0.1) is 18.0 Å². The average Bonchev–Trinajstić information content (AvgIpc) is 3.85. The second kappa shape index (κ2) is 14.1. The van der Waals surface area contributed by atoms with Gasteiger partial charge in [-0.2, -0.15) is 0 Å². The van der Waals surface area contributed by atoms with E-state index < -0.39 is 41.0 Å². The lowest BCUT2D eigenvalue weighted by Gasteiger charge is -2.38. The number of ketones is 1. The van der Waals surface area contributed by atoms with Crippen LogP contribution in [0.4, 0.5) is 0 Å². The lowest BCUT2D eigenvalue weighted by Crippen LogP contribution is -2.57. The minimum Gasteiger partial charge on any atom is -0.494 e. The van der Waals surface area contributed by atoms with Crippen molar-refractivity contribution < 1.29 is 29.1 Å². The topological polar surface area (TPSA) is 150 Å². The monoisotopic (exact) mass is 703 g/mol. The Morgan fingerprint density at radius 3 is 2.27 bits per heavy atom. The van der Waals surface area contributed by atoms with Crippen molar-refractivity contribution in [2.75, 3.05) is 13.1 Å². The number of nitrogens with zero attached hydrogens (tertiary/aromatic N) is 2. The van der Waals surface area contributed by atoms with Crippen LogP contribution < -0.4 is 16.0 Å². The van der Waals surface area contributed by atoms with Crippen molar-refractivity contribution in [3.63, 3.8) is 0 Å². The second-order valence-electron chi connectivity index (χ2n) is 17.8. The summed E-state index contributed by atoms with van der Waals surface area (Å²) in [5.74, 6) is -2.77. The molecule has 2 aliphatic carbocycles. The Balaban J connectivity index is 1.33. The highest BCUT2D eigenvalue weighted by molar-refractivity contribution is 6.38. The summed E-state index contributed by atoms with van der Waals surface area (Å²) < 4.78 is 1.75. The predicted molar refractivity (Wildman–Crippen MR) is 196 cm³/mol. The van der Waals surface area contributed by atoms with E-state index in [9.17, 15) is 29.1 Å². The van der Waals surface area contributed by atoms with Gasteiger partial charge in [0.25, 0.3) is 5.91 Å². The number of amides is 4. The van der Waals surface area contributed by atoms with Crippen LogP contribution in [0.3, 0.4) is 0 Å². The van der Waals surface area contributed by atoms with E-state index in [4.69, 9.17) is 0 Å². The summed E-state index contributed by atoms with van der Waals surface area (Å²) in [6.45, 7) is 20.5. The highest BCUT2D eigenvalue weighted by Crippen LogP contribution is 2.65. The van der Waals surface area contributed by atoms with Crippen molar-refractivity contribution in [3.8, 4) is 5.88 Å². The van der Waals surface area contributed by atoms with Gasteiger partial charge in [-0.1, -0.05) is 92.5 Å². The van der Waals surface area contributed by atoms with Crippen LogP contribution in [-0.2, 0) is 30.5 Å². The fraction of sp³-hybridized carbons (Fsp3) is 0.625. The molecule has 0 radical (unpaired) electrons. The quantitative estimate of drug-likeness (QED) is 0.167. The van der Waals surface area contributed by atoms with Crippen LogP contribution in [0.5, 0.6) is 5.88 Å². The highest BCUT2D eigenvalue weighted by Gasteiger charge is 2.70. The minimum absolute atomic E-state index is 0.0790. The molecule has 1 aliphatic heterocycles. The van der Waals surface area contributed by atoms with Crippen LogP contribution in [0.2, 0.25) is 0 Å². The van der Waals surface area contributed by atoms with Gasteiger partial charge in [-0.3, -0.25) is 24.0 Å². The Morgan fingerprint density at radius 1 is 1.02 bits per heavy atom. The number of carbonyl (C=O) groups is 5. The van der Waals surface area contributed by atoms with Gasteiger partial charge in [-0.15, -0.1) is 6.58 Å². The van der Waals surface area contributed by atoms with Crippen LogP contribution >= 0.6 is 0 Å². The van der Waals surface area contributed by atoms with Crippen LogP contribution in [0.1, 0.15) is 81.1 Å². The minimum atomic E-state index is -0.983. The number of fused-ring (bicyclic) bond motifs is 2. The van der Waals surface area contributed by atoms with Gasteiger partial charge >= 0.3 is 0 Å². The molecule has 1 aromatic carbocycles. The number of hydrogen-bond acceptors (Lipinski definition) is 6. The Bertz CT molecular complexity index is 1690. The lowest BCUT2D eigenvalue weighted by molar-refractivity contribution is -0.149. The smallest absolute Gasteiger partial charge is 0.289 e. The third-order valence-corrected chi connectivity index (χ3v) is 11.6. The fourth-order valence-electron chi connectivity index (χ4n) is 7.87.